The zero-order valence-corrected chi connectivity index (χ0v) is 13.9. The highest BCUT2D eigenvalue weighted by Gasteiger charge is 2.25. The maximum atomic E-state index is 12.4. The van der Waals surface area contributed by atoms with E-state index >= 15 is 0 Å². The molecular formula is C15H23N3O3S. The number of carbonyl (C=O) groups excluding carboxylic acids is 1. The summed E-state index contributed by atoms with van der Waals surface area (Å²) < 4.78 is 25.1. The number of aromatic nitrogens is 1. The molecule has 0 bridgehead atoms. The lowest BCUT2D eigenvalue weighted by molar-refractivity contribution is -0.132. The first-order valence-electron chi connectivity index (χ1n) is 7.48. The highest BCUT2D eigenvalue weighted by molar-refractivity contribution is 7.88. The van der Waals surface area contributed by atoms with Gasteiger partial charge in [-0.1, -0.05) is 6.92 Å². The van der Waals surface area contributed by atoms with Crippen molar-refractivity contribution in [3.63, 3.8) is 0 Å². The average molecular weight is 325 g/mol. The van der Waals surface area contributed by atoms with Crippen LogP contribution >= 0.6 is 0 Å². The quantitative estimate of drug-likeness (QED) is 0.813. The molecule has 1 aromatic heterocycles. The summed E-state index contributed by atoms with van der Waals surface area (Å²) in [6, 6.07) is 3.51. The van der Waals surface area contributed by atoms with Crippen LogP contribution in [0.15, 0.2) is 24.5 Å². The van der Waals surface area contributed by atoms with Gasteiger partial charge in [-0.25, -0.2) is 8.42 Å². The van der Waals surface area contributed by atoms with Crippen molar-refractivity contribution in [3.05, 3.63) is 30.1 Å². The van der Waals surface area contributed by atoms with Crippen LogP contribution in [0.5, 0.6) is 0 Å². The SMILES string of the molecule is CC1CCN(C(=O)CN(Cc2ccncc2)S(C)(=O)=O)CC1. The summed E-state index contributed by atoms with van der Waals surface area (Å²) in [5, 5.41) is 0. The van der Waals surface area contributed by atoms with Gasteiger partial charge in [-0.2, -0.15) is 4.31 Å². The van der Waals surface area contributed by atoms with Crippen molar-refractivity contribution < 1.29 is 13.2 Å². The van der Waals surface area contributed by atoms with E-state index in [-0.39, 0.29) is 19.0 Å². The van der Waals surface area contributed by atoms with Gasteiger partial charge < -0.3 is 4.90 Å². The van der Waals surface area contributed by atoms with Crippen molar-refractivity contribution in [2.45, 2.75) is 26.3 Å². The molecule has 2 heterocycles. The van der Waals surface area contributed by atoms with Crippen molar-refractivity contribution in [1.29, 1.82) is 0 Å². The zero-order chi connectivity index (χ0) is 16.2. The fourth-order valence-electron chi connectivity index (χ4n) is 2.49. The van der Waals surface area contributed by atoms with E-state index in [1.807, 2.05) is 0 Å². The van der Waals surface area contributed by atoms with E-state index in [9.17, 15) is 13.2 Å². The van der Waals surface area contributed by atoms with Gasteiger partial charge >= 0.3 is 0 Å². The van der Waals surface area contributed by atoms with Gasteiger partial charge in [0.1, 0.15) is 0 Å². The van der Waals surface area contributed by atoms with Gasteiger partial charge in [0.25, 0.3) is 0 Å². The second-order valence-electron chi connectivity index (χ2n) is 5.95. The Labute approximate surface area is 132 Å². The Bertz CT molecular complexity index is 596. The predicted octanol–water partition coefficient (Wildman–Crippen LogP) is 1.10. The molecule has 22 heavy (non-hydrogen) atoms. The number of amides is 1. The van der Waals surface area contributed by atoms with Gasteiger partial charge in [0.05, 0.1) is 12.8 Å². The molecule has 1 fully saturated rings. The summed E-state index contributed by atoms with van der Waals surface area (Å²) in [6.07, 6.45) is 6.33. The van der Waals surface area contributed by atoms with Crippen LogP contribution in [0.3, 0.4) is 0 Å². The molecule has 122 valence electrons. The fraction of sp³-hybridized carbons (Fsp3) is 0.600. The summed E-state index contributed by atoms with van der Waals surface area (Å²) in [5.41, 5.74) is 0.820. The minimum absolute atomic E-state index is 0.102. The Balaban J connectivity index is 2.02. The summed E-state index contributed by atoms with van der Waals surface area (Å²) in [7, 11) is -3.44. The maximum absolute atomic E-state index is 12.4. The van der Waals surface area contributed by atoms with Gasteiger partial charge in [-0.05, 0) is 36.5 Å². The van der Waals surface area contributed by atoms with E-state index in [2.05, 4.69) is 11.9 Å². The Morgan fingerprint density at radius 3 is 2.45 bits per heavy atom. The third-order valence-electron chi connectivity index (χ3n) is 4.03. The number of nitrogens with zero attached hydrogens (tertiary/aromatic N) is 3. The van der Waals surface area contributed by atoms with Crippen LogP contribution in [0.2, 0.25) is 0 Å². The van der Waals surface area contributed by atoms with E-state index in [1.54, 1.807) is 29.4 Å². The average Bonchev–Trinajstić information content (AvgIpc) is 2.47. The molecule has 1 saturated heterocycles. The molecule has 0 saturated carbocycles. The summed E-state index contributed by atoms with van der Waals surface area (Å²) in [6.45, 7) is 3.70. The van der Waals surface area contributed by atoms with Crippen LogP contribution in [0.4, 0.5) is 0 Å². The van der Waals surface area contributed by atoms with Crippen molar-refractivity contribution >= 4 is 15.9 Å². The summed E-state index contributed by atoms with van der Waals surface area (Å²) in [5.74, 6) is 0.512. The molecule has 0 radical (unpaired) electrons. The topological polar surface area (TPSA) is 70.6 Å². The van der Waals surface area contributed by atoms with E-state index in [1.165, 1.54) is 4.31 Å². The van der Waals surface area contributed by atoms with Crippen LogP contribution < -0.4 is 0 Å². The van der Waals surface area contributed by atoms with Crippen molar-refractivity contribution in [2.75, 3.05) is 25.9 Å². The lowest BCUT2D eigenvalue weighted by Gasteiger charge is -2.32. The molecular weight excluding hydrogens is 302 g/mol. The number of carbonyl (C=O) groups is 1. The highest BCUT2D eigenvalue weighted by Crippen LogP contribution is 2.17. The Morgan fingerprint density at radius 2 is 1.91 bits per heavy atom. The maximum Gasteiger partial charge on any atom is 0.237 e. The molecule has 0 unspecified atom stereocenters. The second-order valence-corrected chi connectivity index (χ2v) is 7.93. The number of hydrogen-bond acceptors (Lipinski definition) is 4. The molecule has 2 rings (SSSR count). The van der Waals surface area contributed by atoms with Gasteiger partial charge in [-0.3, -0.25) is 9.78 Å². The lowest BCUT2D eigenvalue weighted by Crippen LogP contribution is -2.45. The molecule has 0 spiro atoms. The van der Waals surface area contributed by atoms with Gasteiger partial charge in [-0.15, -0.1) is 0 Å². The molecule has 0 aromatic carbocycles. The lowest BCUT2D eigenvalue weighted by atomic mass is 9.99. The molecule has 0 aliphatic carbocycles. The highest BCUT2D eigenvalue weighted by atomic mass is 32.2. The third-order valence-corrected chi connectivity index (χ3v) is 5.22. The molecule has 0 N–H and O–H groups in total. The van der Waals surface area contributed by atoms with E-state index in [0.717, 1.165) is 24.7 Å². The monoisotopic (exact) mass is 325 g/mol. The standard InChI is InChI=1S/C15H23N3O3S/c1-13-5-9-17(10-6-13)15(19)12-18(22(2,20)21)11-14-3-7-16-8-4-14/h3-4,7-8,13H,5-6,9-12H2,1-2H3. The van der Waals surface area contributed by atoms with E-state index in [4.69, 9.17) is 0 Å². The predicted molar refractivity (Wildman–Crippen MR) is 84.5 cm³/mol. The first kappa shape index (κ1) is 16.9. The van der Waals surface area contributed by atoms with Crippen molar-refractivity contribution in [3.8, 4) is 0 Å². The zero-order valence-electron chi connectivity index (χ0n) is 13.1. The normalized spacial score (nSPS) is 17.0. The van der Waals surface area contributed by atoms with Crippen LogP contribution in [-0.4, -0.2) is 54.4 Å². The number of pyridine rings is 1. The largest absolute Gasteiger partial charge is 0.342 e. The van der Waals surface area contributed by atoms with Gasteiger partial charge in [0, 0.05) is 32.0 Å². The van der Waals surface area contributed by atoms with E-state index in [0.29, 0.717) is 19.0 Å². The fourth-order valence-corrected chi connectivity index (χ4v) is 3.22. The molecule has 7 heteroatoms. The number of sulfonamides is 1. The van der Waals surface area contributed by atoms with Crippen molar-refractivity contribution in [1.82, 2.24) is 14.2 Å². The Kier molecular flexibility index (Phi) is 5.52. The van der Waals surface area contributed by atoms with Gasteiger partial charge in [0.2, 0.25) is 15.9 Å². The molecule has 1 aliphatic rings. The molecule has 6 nitrogen and oxygen atoms in total. The summed E-state index contributed by atoms with van der Waals surface area (Å²) in [4.78, 5) is 18.0. The van der Waals surface area contributed by atoms with Crippen molar-refractivity contribution in [2.24, 2.45) is 5.92 Å². The summed E-state index contributed by atoms with van der Waals surface area (Å²) >= 11 is 0. The molecule has 1 aromatic rings. The molecule has 1 aliphatic heterocycles. The van der Waals surface area contributed by atoms with Crippen LogP contribution in [0.1, 0.15) is 25.3 Å². The second kappa shape index (κ2) is 7.19. The first-order chi connectivity index (χ1) is 10.4. The van der Waals surface area contributed by atoms with Crippen LogP contribution in [0.25, 0.3) is 0 Å². The van der Waals surface area contributed by atoms with Gasteiger partial charge in [0.15, 0.2) is 0 Å². The number of rotatable bonds is 5. The Morgan fingerprint density at radius 1 is 1.32 bits per heavy atom. The van der Waals surface area contributed by atoms with E-state index < -0.39 is 10.0 Å². The number of likely N-dealkylation sites (tertiary alicyclic amines) is 1. The smallest absolute Gasteiger partial charge is 0.237 e. The first-order valence-corrected chi connectivity index (χ1v) is 9.33. The Hall–Kier alpha value is -1.47. The minimum atomic E-state index is -3.44. The molecule has 0 atom stereocenters. The minimum Gasteiger partial charge on any atom is -0.342 e. The third kappa shape index (κ3) is 4.78. The number of hydrogen-bond donors (Lipinski definition) is 0. The number of piperidine rings is 1. The van der Waals surface area contributed by atoms with Crippen LogP contribution in [0, 0.1) is 5.92 Å². The molecule has 1 amide bonds. The van der Waals surface area contributed by atoms with Crippen LogP contribution in [-0.2, 0) is 21.4 Å².